The summed E-state index contributed by atoms with van der Waals surface area (Å²) in [5.41, 5.74) is -0.179. The molecule has 3 nitrogen and oxygen atoms in total. The Morgan fingerprint density at radius 3 is 2.50 bits per heavy atom. The second-order valence-electron chi connectivity index (χ2n) is 5.75. The fraction of sp³-hybridized carbons (Fsp3) is 0.588. The largest absolute Gasteiger partial charge is 0.355 e. The number of carbonyl (C=O) groups is 1. The molecule has 0 unspecified atom stereocenters. The van der Waals surface area contributed by atoms with Crippen molar-refractivity contribution in [3.8, 4) is 0 Å². The van der Waals surface area contributed by atoms with Crippen LogP contribution in [0.2, 0.25) is 0 Å². The Labute approximate surface area is 123 Å². The molecule has 0 radical (unpaired) electrons. The summed E-state index contributed by atoms with van der Waals surface area (Å²) in [6.45, 7) is 6.83. The summed E-state index contributed by atoms with van der Waals surface area (Å²) in [6.07, 6.45) is 14.9. The van der Waals surface area contributed by atoms with E-state index >= 15 is 0 Å². The van der Waals surface area contributed by atoms with E-state index in [0.29, 0.717) is 0 Å². The molecular weight excluding hydrogens is 248 g/mol. The Hall–Kier alpha value is -1.35. The number of piperidine rings is 1. The summed E-state index contributed by atoms with van der Waals surface area (Å²) < 4.78 is 0. The lowest BCUT2D eigenvalue weighted by atomic mass is 9.79. The van der Waals surface area contributed by atoms with Gasteiger partial charge in [0.05, 0.1) is 0 Å². The van der Waals surface area contributed by atoms with Gasteiger partial charge in [0.15, 0.2) is 0 Å². The van der Waals surface area contributed by atoms with Crippen LogP contribution in [-0.2, 0) is 4.79 Å². The predicted octanol–water partition coefficient (Wildman–Crippen LogP) is 2.91. The van der Waals surface area contributed by atoms with Crippen molar-refractivity contribution < 1.29 is 4.79 Å². The van der Waals surface area contributed by atoms with Crippen molar-refractivity contribution in [1.82, 2.24) is 10.2 Å². The molecule has 20 heavy (non-hydrogen) atoms. The van der Waals surface area contributed by atoms with E-state index < -0.39 is 0 Å². The predicted molar refractivity (Wildman–Crippen MR) is 85.6 cm³/mol. The van der Waals surface area contributed by atoms with Gasteiger partial charge in [-0.25, -0.2) is 0 Å². The molecule has 0 spiro atoms. The molecule has 0 atom stereocenters. The van der Waals surface area contributed by atoms with Crippen molar-refractivity contribution in [3.63, 3.8) is 0 Å². The molecule has 112 valence electrons. The van der Waals surface area contributed by atoms with Gasteiger partial charge in [-0.15, -0.1) is 0 Å². The highest BCUT2D eigenvalue weighted by atomic mass is 16.2. The minimum Gasteiger partial charge on any atom is -0.355 e. The summed E-state index contributed by atoms with van der Waals surface area (Å²) in [7, 11) is 2.11. The second kappa shape index (κ2) is 8.75. The molecular formula is C17H28N2O. The average molecular weight is 276 g/mol. The van der Waals surface area contributed by atoms with E-state index in [4.69, 9.17) is 0 Å². The molecule has 0 aromatic rings. The van der Waals surface area contributed by atoms with Gasteiger partial charge in [0.25, 0.3) is 0 Å². The summed E-state index contributed by atoms with van der Waals surface area (Å²) >= 11 is 0. The van der Waals surface area contributed by atoms with E-state index in [1.165, 1.54) is 0 Å². The van der Waals surface area contributed by atoms with Crippen molar-refractivity contribution in [2.24, 2.45) is 5.41 Å². The first-order valence-corrected chi connectivity index (χ1v) is 7.50. The molecule has 0 saturated carbocycles. The number of nitrogens with zero attached hydrogens (tertiary/aromatic N) is 1. The molecule has 1 aliphatic heterocycles. The third-order valence-electron chi connectivity index (χ3n) is 3.90. The van der Waals surface area contributed by atoms with Crippen LogP contribution in [-0.4, -0.2) is 37.5 Å². The first-order valence-electron chi connectivity index (χ1n) is 7.50. The smallest absolute Gasteiger partial charge is 0.226 e. The average Bonchev–Trinajstić information content (AvgIpc) is 2.45. The van der Waals surface area contributed by atoms with Crippen LogP contribution in [0, 0.1) is 5.41 Å². The number of nitrogens with one attached hydrogen (secondary N) is 1. The first kappa shape index (κ1) is 16.7. The number of carbonyl (C=O) groups excluding carboxylic acids is 1. The third-order valence-corrected chi connectivity index (χ3v) is 3.90. The van der Waals surface area contributed by atoms with Crippen molar-refractivity contribution >= 4 is 5.91 Å². The zero-order valence-corrected chi connectivity index (χ0v) is 13.1. The molecule has 1 rings (SSSR count). The normalized spacial score (nSPS) is 20.1. The molecule has 0 bridgehead atoms. The lowest BCUT2D eigenvalue weighted by molar-refractivity contribution is -0.132. The maximum Gasteiger partial charge on any atom is 0.226 e. The number of likely N-dealkylation sites (tertiary alicyclic amines) is 1. The lowest BCUT2D eigenvalue weighted by Crippen LogP contribution is -2.46. The number of hydrogen-bond donors (Lipinski definition) is 1. The quantitative estimate of drug-likeness (QED) is 0.597. The fourth-order valence-corrected chi connectivity index (χ4v) is 2.24. The molecule has 1 saturated heterocycles. The van der Waals surface area contributed by atoms with Crippen LogP contribution in [0.25, 0.3) is 0 Å². The molecule has 0 aromatic carbocycles. The summed E-state index contributed by atoms with van der Waals surface area (Å²) in [4.78, 5) is 14.5. The van der Waals surface area contributed by atoms with Crippen LogP contribution in [0.15, 0.2) is 36.5 Å². The summed E-state index contributed by atoms with van der Waals surface area (Å²) in [6, 6.07) is 0. The summed E-state index contributed by atoms with van der Waals surface area (Å²) in [5.74, 6) is 0.212. The molecule has 3 heteroatoms. The minimum atomic E-state index is -0.179. The van der Waals surface area contributed by atoms with Crippen LogP contribution in [0.1, 0.15) is 33.1 Å². The van der Waals surface area contributed by atoms with E-state index in [9.17, 15) is 4.79 Å². The van der Waals surface area contributed by atoms with Gasteiger partial charge in [0, 0.05) is 12.0 Å². The number of allylic oxidation sites excluding steroid dienone is 5. The molecule has 1 aliphatic rings. The fourth-order valence-electron chi connectivity index (χ4n) is 2.24. The van der Waals surface area contributed by atoms with E-state index in [-0.39, 0.29) is 11.3 Å². The van der Waals surface area contributed by atoms with E-state index in [1.54, 1.807) is 0 Å². The highest BCUT2D eigenvalue weighted by Crippen LogP contribution is 2.30. The molecule has 1 N–H and O–H groups in total. The lowest BCUT2D eigenvalue weighted by Gasteiger charge is -2.36. The Morgan fingerprint density at radius 2 is 1.85 bits per heavy atom. The van der Waals surface area contributed by atoms with Crippen LogP contribution < -0.4 is 5.32 Å². The van der Waals surface area contributed by atoms with Gasteiger partial charge in [0.1, 0.15) is 0 Å². The molecule has 1 amide bonds. The number of amides is 1. The van der Waals surface area contributed by atoms with E-state index in [1.807, 2.05) is 37.3 Å². The van der Waals surface area contributed by atoms with Gasteiger partial charge in [-0.1, -0.05) is 43.4 Å². The van der Waals surface area contributed by atoms with Crippen LogP contribution in [0.4, 0.5) is 0 Å². The van der Waals surface area contributed by atoms with Crippen molar-refractivity contribution in [1.29, 1.82) is 0 Å². The monoisotopic (exact) mass is 276 g/mol. The highest BCUT2D eigenvalue weighted by molar-refractivity contribution is 5.82. The minimum absolute atomic E-state index is 0.179. The Bertz CT molecular complexity index is 374. The maximum absolute atomic E-state index is 12.2. The zero-order chi connectivity index (χ0) is 14.8. The second-order valence-corrected chi connectivity index (χ2v) is 5.75. The van der Waals surface area contributed by atoms with Gasteiger partial charge in [-0.05, 0) is 46.3 Å². The van der Waals surface area contributed by atoms with Crippen molar-refractivity contribution in [2.45, 2.75) is 33.1 Å². The molecule has 0 aliphatic carbocycles. The topological polar surface area (TPSA) is 32.3 Å². The molecule has 1 heterocycles. The number of rotatable bonds is 6. The summed E-state index contributed by atoms with van der Waals surface area (Å²) in [5, 5.41) is 3.06. The Balaban J connectivity index is 2.23. The standard InChI is InChI=1S/C17H28N2O/c1-4-5-6-7-8-9-10-13-18-16(20)17(2)11-14-19(3)15-12-17/h4-9H,10-15H2,1-3H3,(H,18,20)/b5-4-,7-6-,9-8+. The van der Waals surface area contributed by atoms with Crippen LogP contribution in [0.3, 0.4) is 0 Å². The first-order chi connectivity index (χ1) is 9.58. The molecule has 0 aromatic heterocycles. The van der Waals surface area contributed by atoms with Gasteiger partial charge in [-0.3, -0.25) is 4.79 Å². The van der Waals surface area contributed by atoms with Gasteiger partial charge in [-0.2, -0.15) is 0 Å². The van der Waals surface area contributed by atoms with E-state index in [0.717, 1.165) is 38.9 Å². The van der Waals surface area contributed by atoms with Gasteiger partial charge in [0.2, 0.25) is 5.91 Å². The maximum atomic E-state index is 12.2. The van der Waals surface area contributed by atoms with Crippen molar-refractivity contribution in [2.75, 3.05) is 26.7 Å². The SMILES string of the molecule is C\C=C/C=C\C=C\CCNC(=O)C1(C)CCN(C)CC1. The van der Waals surface area contributed by atoms with Crippen LogP contribution in [0.5, 0.6) is 0 Å². The zero-order valence-electron chi connectivity index (χ0n) is 13.1. The van der Waals surface area contributed by atoms with Crippen LogP contribution >= 0.6 is 0 Å². The molecule has 1 fully saturated rings. The Kier molecular flexibility index (Phi) is 7.31. The highest BCUT2D eigenvalue weighted by Gasteiger charge is 2.35. The third kappa shape index (κ3) is 5.74. The number of hydrogen-bond acceptors (Lipinski definition) is 2. The van der Waals surface area contributed by atoms with Gasteiger partial charge < -0.3 is 10.2 Å². The Morgan fingerprint density at radius 1 is 1.20 bits per heavy atom. The van der Waals surface area contributed by atoms with Gasteiger partial charge >= 0.3 is 0 Å². The van der Waals surface area contributed by atoms with E-state index in [2.05, 4.69) is 30.3 Å². The van der Waals surface area contributed by atoms with Crippen molar-refractivity contribution in [3.05, 3.63) is 36.5 Å².